The molecule has 0 N–H and O–H groups in total. The van der Waals surface area contributed by atoms with E-state index in [1.165, 1.54) is 16.7 Å². The number of fused-ring (bicyclic) bond motifs is 1. The zero-order valence-corrected chi connectivity index (χ0v) is 20.0. The molecule has 4 heterocycles. The molecular weight excluding hydrogens is 485 g/mol. The SMILES string of the molecule is [C-]#[N+]c1c(N2CCC3(CCN(c4ccc(OC(F)(F)F)cc4)C3)CC2)c2nc(C#N)ccc2n(C)c1=O. The number of aromatic nitrogens is 2. The first kappa shape index (κ1) is 24.4. The smallest absolute Gasteiger partial charge is 0.406 e. The van der Waals surface area contributed by atoms with Gasteiger partial charge in [-0.25, -0.2) is 9.83 Å². The van der Waals surface area contributed by atoms with Crippen molar-refractivity contribution in [3.05, 3.63) is 63.9 Å². The Morgan fingerprint density at radius 3 is 2.32 bits per heavy atom. The van der Waals surface area contributed by atoms with Gasteiger partial charge in [0.2, 0.25) is 0 Å². The van der Waals surface area contributed by atoms with Crippen molar-refractivity contribution in [1.82, 2.24) is 9.55 Å². The highest BCUT2D eigenvalue weighted by Gasteiger charge is 2.41. The quantitative estimate of drug-likeness (QED) is 0.475. The lowest BCUT2D eigenvalue weighted by Gasteiger charge is -2.41. The van der Waals surface area contributed by atoms with E-state index in [1.807, 2.05) is 11.0 Å². The first-order valence-corrected chi connectivity index (χ1v) is 11.8. The maximum absolute atomic E-state index is 12.9. The molecule has 37 heavy (non-hydrogen) atoms. The predicted octanol–water partition coefficient (Wildman–Crippen LogP) is 4.75. The van der Waals surface area contributed by atoms with E-state index in [4.69, 9.17) is 6.57 Å². The van der Waals surface area contributed by atoms with Crippen molar-refractivity contribution < 1.29 is 17.9 Å². The van der Waals surface area contributed by atoms with Crippen LogP contribution in [0.25, 0.3) is 15.9 Å². The fraction of sp³-hybridized carbons (Fsp3) is 0.385. The van der Waals surface area contributed by atoms with Crippen LogP contribution in [0.5, 0.6) is 5.75 Å². The molecule has 8 nitrogen and oxygen atoms in total. The summed E-state index contributed by atoms with van der Waals surface area (Å²) >= 11 is 0. The number of piperidine rings is 1. The Morgan fingerprint density at radius 1 is 1.08 bits per heavy atom. The normalized spacial score (nSPS) is 17.1. The first-order valence-electron chi connectivity index (χ1n) is 11.8. The van der Waals surface area contributed by atoms with Crippen LogP contribution in [0.1, 0.15) is 25.0 Å². The van der Waals surface area contributed by atoms with Crippen LogP contribution in [0.3, 0.4) is 0 Å². The zero-order chi connectivity index (χ0) is 26.4. The fourth-order valence-corrected chi connectivity index (χ4v) is 5.47. The van der Waals surface area contributed by atoms with Crippen LogP contribution in [0.4, 0.5) is 30.2 Å². The Bertz CT molecular complexity index is 1490. The Morgan fingerprint density at radius 2 is 1.73 bits per heavy atom. The number of nitriles is 1. The molecule has 0 unspecified atom stereocenters. The molecule has 1 aromatic carbocycles. The third-order valence-electron chi connectivity index (χ3n) is 7.43. The second-order valence-corrected chi connectivity index (χ2v) is 9.55. The van der Waals surface area contributed by atoms with Gasteiger partial charge in [0, 0.05) is 38.9 Å². The molecule has 0 aliphatic carbocycles. The lowest BCUT2D eigenvalue weighted by molar-refractivity contribution is -0.274. The number of halogens is 3. The number of benzene rings is 1. The average Bonchev–Trinajstić information content (AvgIpc) is 3.29. The van der Waals surface area contributed by atoms with Crippen LogP contribution in [0.15, 0.2) is 41.2 Å². The molecule has 0 saturated carbocycles. The lowest BCUT2D eigenvalue weighted by Crippen LogP contribution is -2.42. The summed E-state index contributed by atoms with van der Waals surface area (Å²) in [4.78, 5) is 25.1. The number of anilines is 2. The average molecular weight is 509 g/mol. The number of hydrogen-bond donors (Lipinski definition) is 0. The third-order valence-corrected chi connectivity index (χ3v) is 7.43. The van der Waals surface area contributed by atoms with Gasteiger partial charge in [-0.15, -0.1) is 13.2 Å². The highest BCUT2D eigenvalue weighted by molar-refractivity contribution is 5.96. The van der Waals surface area contributed by atoms with Gasteiger partial charge in [-0.05, 0) is 61.1 Å². The summed E-state index contributed by atoms with van der Waals surface area (Å²) in [6, 6.07) is 11.2. The van der Waals surface area contributed by atoms with Crippen LogP contribution < -0.4 is 20.1 Å². The summed E-state index contributed by atoms with van der Waals surface area (Å²) in [5, 5.41) is 9.36. The van der Waals surface area contributed by atoms with Gasteiger partial charge in [0.25, 0.3) is 11.2 Å². The maximum atomic E-state index is 12.9. The van der Waals surface area contributed by atoms with E-state index < -0.39 is 11.9 Å². The van der Waals surface area contributed by atoms with E-state index in [2.05, 4.69) is 19.5 Å². The van der Waals surface area contributed by atoms with E-state index in [0.29, 0.717) is 29.8 Å². The Balaban J connectivity index is 1.36. The van der Waals surface area contributed by atoms with E-state index in [-0.39, 0.29) is 22.5 Å². The highest BCUT2D eigenvalue weighted by atomic mass is 19.4. The number of aryl methyl sites for hydroxylation is 1. The first-order chi connectivity index (χ1) is 17.6. The molecule has 1 spiro atoms. The minimum absolute atomic E-state index is 0.00255. The topological polar surface area (TPSA) is 78.8 Å². The van der Waals surface area contributed by atoms with E-state index in [0.717, 1.165) is 38.0 Å². The molecule has 3 aromatic rings. The molecule has 2 aromatic heterocycles. The van der Waals surface area contributed by atoms with E-state index >= 15 is 0 Å². The summed E-state index contributed by atoms with van der Waals surface area (Å²) in [7, 11) is 1.59. The van der Waals surface area contributed by atoms with Gasteiger partial charge >= 0.3 is 6.36 Å². The van der Waals surface area contributed by atoms with Crippen molar-refractivity contribution in [3.8, 4) is 11.8 Å². The van der Waals surface area contributed by atoms with Crippen molar-refractivity contribution >= 4 is 28.1 Å². The van der Waals surface area contributed by atoms with Crippen LogP contribution in [-0.2, 0) is 7.05 Å². The maximum Gasteiger partial charge on any atom is 0.573 e. The van der Waals surface area contributed by atoms with Crippen LogP contribution in [0, 0.1) is 23.3 Å². The summed E-state index contributed by atoms with van der Waals surface area (Å²) in [6.07, 6.45) is -2.14. The number of nitrogens with zero attached hydrogens (tertiary/aromatic N) is 6. The molecule has 5 rings (SSSR count). The molecule has 0 amide bonds. The van der Waals surface area contributed by atoms with Crippen molar-refractivity contribution in [2.75, 3.05) is 36.0 Å². The van der Waals surface area contributed by atoms with Gasteiger partial charge in [0.1, 0.15) is 23.0 Å². The van der Waals surface area contributed by atoms with Crippen LogP contribution >= 0.6 is 0 Å². The second-order valence-electron chi connectivity index (χ2n) is 9.55. The van der Waals surface area contributed by atoms with Gasteiger partial charge in [-0.2, -0.15) is 5.26 Å². The lowest BCUT2D eigenvalue weighted by atomic mass is 9.77. The van der Waals surface area contributed by atoms with Crippen molar-refractivity contribution in [3.63, 3.8) is 0 Å². The Hall–Kier alpha value is -4.25. The van der Waals surface area contributed by atoms with Gasteiger partial charge in [0.05, 0.1) is 17.8 Å². The van der Waals surface area contributed by atoms with Crippen LogP contribution in [0.2, 0.25) is 0 Å². The largest absolute Gasteiger partial charge is 0.573 e. The monoisotopic (exact) mass is 508 g/mol. The number of rotatable bonds is 3. The molecule has 190 valence electrons. The van der Waals surface area contributed by atoms with Crippen molar-refractivity contribution in [2.24, 2.45) is 12.5 Å². The van der Waals surface area contributed by atoms with Crippen molar-refractivity contribution in [2.45, 2.75) is 25.6 Å². The zero-order valence-electron chi connectivity index (χ0n) is 20.0. The molecule has 0 atom stereocenters. The third kappa shape index (κ3) is 4.53. The summed E-state index contributed by atoms with van der Waals surface area (Å²) in [6.45, 7) is 10.5. The summed E-state index contributed by atoms with van der Waals surface area (Å²) < 4.78 is 42.7. The summed E-state index contributed by atoms with van der Waals surface area (Å²) in [5.41, 5.74) is 2.21. The molecule has 2 saturated heterocycles. The molecular formula is C26H23F3N6O2. The molecule has 0 bridgehead atoms. The molecule has 2 aliphatic rings. The molecule has 2 fully saturated rings. The number of pyridine rings is 2. The second kappa shape index (κ2) is 9.00. The Labute approximate surface area is 210 Å². The fourth-order valence-electron chi connectivity index (χ4n) is 5.47. The minimum atomic E-state index is -4.72. The predicted molar refractivity (Wildman–Crippen MR) is 132 cm³/mol. The number of ether oxygens (including phenoxy) is 1. The van der Waals surface area contributed by atoms with Gasteiger partial charge in [-0.3, -0.25) is 4.79 Å². The minimum Gasteiger partial charge on any atom is -0.406 e. The Kier molecular flexibility index (Phi) is 5.95. The highest BCUT2D eigenvalue weighted by Crippen LogP contribution is 2.44. The van der Waals surface area contributed by atoms with Gasteiger partial charge in [-0.1, -0.05) is 0 Å². The standard InChI is InChI=1S/C26H23F3N6O2/c1-31-22-23(21-20(33(2)24(22)36)8-3-17(15-30)32-21)34-12-9-25(10-13-34)11-14-35(16-25)18-4-6-19(7-5-18)37-26(27,28)29/h3-8H,9-14,16H2,2H3. The number of alkyl halides is 3. The van der Waals surface area contributed by atoms with E-state index in [1.54, 1.807) is 31.3 Å². The number of hydrogen-bond acceptors (Lipinski definition) is 6. The molecule has 11 heteroatoms. The summed E-state index contributed by atoms with van der Waals surface area (Å²) in [5.74, 6) is -0.247. The van der Waals surface area contributed by atoms with Gasteiger partial charge in [0.15, 0.2) is 0 Å². The van der Waals surface area contributed by atoms with Crippen molar-refractivity contribution in [1.29, 1.82) is 5.26 Å². The van der Waals surface area contributed by atoms with E-state index in [9.17, 15) is 23.2 Å². The van der Waals surface area contributed by atoms with Gasteiger partial charge < -0.3 is 19.1 Å². The molecule has 2 aliphatic heterocycles. The van der Waals surface area contributed by atoms with Crippen LogP contribution in [-0.4, -0.2) is 42.1 Å². The molecule has 0 radical (unpaired) electrons.